The number of likely N-dealkylation sites (tertiary alicyclic amines) is 1. The molecule has 0 aromatic carbocycles. The lowest BCUT2D eigenvalue weighted by Gasteiger charge is -2.31. The topological polar surface area (TPSA) is 15.3 Å². The molecule has 84 valence electrons. The summed E-state index contributed by atoms with van der Waals surface area (Å²) in [6, 6.07) is 0.688. The molecule has 1 aliphatic rings. The van der Waals surface area contributed by atoms with E-state index in [1.54, 1.807) is 0 Å². The Bertz CT molecular complexity index is 139. The summed E-state index contributed by atoms with van der Waals surface area (Å²) in [5.74, 6) is 0.803. The third-order valence-electron chi connectivity index (χ3n) is 3.09. The van der Waals surface area contributed by atoms with E-state index in [0.29, 0.717) is 6.04 Å². The molecular formula is C12H26N2. The summed E-state index contributed by atoms with van der Waals surface area (Å²) in [6.07, 6.45) is 5.54. The fourth-order valence-corrected chi connectivity index (χ4v) is 2.31. The largest absolute Gasteiger partial charge is 0.316 e. The zero-order valence-electron chi connectivity index (χ0n) is 10.1. The quantitative estimate of drug-likeness (QED) is 0.728. The average Bonchev–Trinajstić information content (AvgIpc) is 2.17. The van der Waals surface area contributed by atoms with Crippen LogP contribution in [-0.2, 0) is 0 Å². The van der Waals surface area contributed by atoms with E-state index < -0.39 is 0 Å². The molecule has 14 heavy (non-hydrogen) atoms. The summed E-state index contributed by atoms with van der Waals surface area (Å²) >= 11 is 0. The summed E-state index contributed by atoms with van der Waals surface area (Å²) in [6.45, 7) is 8.49. The van der Waals surface area contributed by atoms with Gasteiger partial charge in [0, 0.05) is 12.6 Å². The molecule has 0 radical (unpaired) electrons. The van der Waals surface area contributed by atoms with Gasteiger partial charge in [-0.25, -0.2) is 0 Å². The van der Waals surface area contributed by atoms with Crippen LogP contribution in [0.5, 0.6) is 0 Å². The summed E-state index contributed by atoms with van der Waals surface area (Å²) in [7, 11) is 2.09. The van der Waals surface area contributed by atoms with Crippen LogP contribution in [0.25, 0.3) is 0 Å². The van der Waals surface area contributed by atoms with Crippen molar-refractivity contribution >= 4 is 0 Å². The minimum absolute atomic E-state index is 0.688. The van der Waals surface area contributed by atoms with Crippen molar-refractivity contribution in [2.45, 2.75) is 45.6 Å². The van der Waals surface area contributed by atoms with Gasteiger partial charge in [-0.3, -0.25) is 0 Å². The van der Waals surface area contributed by atoms with Gasteiger partial charge in [-0.15, -0.1) is 0 Å². The van der Waals surface area contributed by atoms with Crippen molar-refractivity contribution in [2.75, 3.05) is 26.7 Å². The summed E-state index contributed by atoms with van der Waals surface area (Å²) in [5.41, 5.74) is 0. The first-order chi connectivity index (χ1) is 6.72. The molecule has 0 spiro atoms. The molecule has 0 saturated carbocycles. The Morgan fingerprint density at radius 3 is 2.29 bits per heavy atom. The Hall–Kier alpha value is -0.0800. The van der Waals surface area contributed by atoms with E-state index in [0.717, 1.165) is 5.92 Å². The fraction of sp³-hybridized carbons (Fsp3) is 1.00. The summed E-state index contributed by atoms with van der Waals surface area (Å²) in [5, 5.41) is 3.44. The zero-order valence-corrected chi connectivity index (χ0v) is 10.1. The third kappa shape index (κ3) is 4.43. The Kier molecular flexibility index (Phi) is 5.49. The minimum Gasteiger partial charge on any atom is -0.316 e. The smallest absolute Gasteiger partial charge is 0.0194 e. The number of piperidine rings is 1. The van der Waals surface area contributed by atoms with E-state index in [-0.39, 0.29) is 0 Å². The zero-order chi connectivity index (χ0) is 10.4. The highest BCUT2D eigenvalue weighted by atomic mass is 15.1. The Balaban J connectivity index is 2.23. The first-order valence-corrected chi connectivity index (χ1v) is 6.12. The van der Waals surface area contributed by atoms with Crippen LogP contribution in [0.4, 0.5) is 0 Å². The van der Waals surface area contributed by atoms with E-state index in [2.05, 4.69) is 31.1 Å². The lowest BCUT2D eigenvalue weighted by Crippen LogP contribution is -2.42. The van der Waals surface area contributed by atoms with Crippen molar-refractivity contribution in [2.24, 2.45) is 5.92 Å². The van der Waals surface area contributed by atoms with Gasteiger partial charge in [-0.1, -0.05) is 20.3 Å². The maximum atomic E-state index is 3.44. The highest BCUT2D eigenvalue weighted by molar-refractivity contribution is 4.74. The van der Waals surface area contributed by atoms with Crippen LogP contribution in [0.3, 0.4) is 0 Å². The second-order valence-electron chi connectivity index (χ2n) is 4.98. The van der Waals surface area contributed by atoms with Crippen molar-refractivity contribution < 1.29 is 0 Å². The lowest BCUT2D eigenvalue weighted by molar-refractivity contribution is 0.199. The average molecular weight is 198 g/mol. The van der Waals surface area contributed by atoms with Gasteiger partial charge < -0.3 is 10.2 Å². The molecular weight excluding hydrogens is 172 g/mol. The molecule has 0 aliphatic carbocycles. The Morgan fingerprint density at radius 1 is 1.14 bits per heavy atom. The number of nitrogens with one attached hydrogen (secondary N) is 1. The highest BCUT2D eigenvalue weighted by Crippen LogP contribution is 2.11. The molecule has 1 saturated heterocycles. The maximum absolute atomic E-state index is 3.44. The van der Waals surface area contributed by atoms with E-state index in [9.17, 15) is 0 Å². The molecule has 2 nitrogen and oxygen atoms in total. The number of nitrogens with zero attached hydrogens (tertiary/aromatic N) is 1. The molecule has 1 atom stereocenters. The normalized spacial score (nSPS) is 21.4. The Labute approximate surface area is 89.1 Å². The SMILES string of the molecule is CN[C@@H](CC(C)C)CN1CCCCC1. The monoisotopic (exact) mass is 198 g/mol. The first kappa shape index (κ1) is 12.0. The third-order valence-corrected chi connectivity index (χ3v) is 3.09. The van der Waals surface area contributed by atoms with Crippen LogP contribution in [0.2, 0.25) is 0 Å². The molecule has 0 amide bonds. The summed E-state index contributed by atoms with van der Waals surface area (Å²) < 4.78 is 0. The van der Waals surface area contributed by atoms with Crippen LogP contribution >= 0.6 is 0 Å². The van der Waals surface area contributed by atoms with Crippen molar-refractivity contribution in [3.8, 4) is 0 Å². The highest BCUT2D eigenvalue weighted by Gasteiger charge is 2.15. The van der Waals surface area contributed by atoms with Gasteiger partial charge >= 0.3 is 0 Å². The molecule has 2 heteroatoms. The van der Waals surface area contributed by atoms with Crippen LogP contribution in [0, 0.1) is 5.92 Å². The van der Waals surface area contributed by atoms with Crippen molar-refractivity contribution in [1.29, 1.82) is 0 Å². The van der Waals surface area contributed by atoms with E-state index >= 15 is 0 Å². The number of hydrogen-bond acceptors (Lipinski definition) is 2. The molecule has 1 heterocycles. The fourth-order valence-electron chi connectivity index (χ4n) is 2.31. The van der Waals surface area contributed by atoms with Gasteiger partial charge in [0.1, 0.15) is 0 Å². The first-order valence-electron chi connectivity index (χ1n) is 6.12. The number of hydrogen-bond donors (Lipinski definition) is 1. The van der Waals surface area contributed by atoms with Gasteiger partial charge in [0.2, 0.25) is 0 Å². The van der Waals surface area contributed by atoms with Crippen LogP contribution in [0.1, 0.15) is 39.5 Å². The van der Waals surface area contributed by atoms with E-state index in [1.165, 1.54) is 45.3 Å². The van der Waals surface area contributed by atoms with Crippen LogP contribution in [0.15, 0.2) is 0 Å². The molecule has 0 aromatic rings. The van der Waals surface area contributed by atoms with E-state index in [1.807, 2.05) is 0 Å². The predicted molar refractivity (Wildman–Crippen MR) is 62.6 cm³/mol. The van der Waals surface area contributed by atoms with Gasteiger partial charge in [-0.2, -0.15) is 0 Å². The van der Waals surface area contributed by atoms with Gasteiger partial charge in [0.15, 0.2) is 0 Å². The Morgan fingerprint density at radius 2 is 1.79 bits per heavy atom. The van der Waals surface area contributed by atoms with E-state index in [4.69, 9.17) is 0 Å². The molecule has 1 aliphatic heterocycles. The molecule has 1 rings (SSSR count). The molecule has 0 unspecified atom stereocenters. The van der Waals surface area contributed by atoms with Crippen LogP contribution in [-0.4, -0.2) is 37.6 Å². The van der Waals surface area contributed by atoms with Crippen molar-refractivity contribution in [3.63, 3.8) is 0 Å². The van der Waals surface area contributed by atoms with Crippen molar-refractivity contribution in [1.82, 2.24) is 10.2 Å². The van der Waals surface area contributed by atoms with Crippen molar-refractivity contribution in [3.05, 3.63) is 0 Å². The molecule has 0 aromatic heterocycles. The second-order valence-corrected chi connectivity index (χ2v) is 4.98. The number of likely N-dealkylation sites (N-methyl/N-ethyl adjacent to an activating group) is 1. The van der Waals surface area contributed by atoms with Crippen LogP contribution < -0.4 is 5.32 Å². The predicted octanol–water partition coefficient (Wildman–Crippen LogP) is 2.11. The standard InChI is InChI=1S/C12H26N2/c1-11(2)9-12(13-3)10-14-7-5-4-6-8-14/h11-13H,4-10H2,1-3H3/t12-/m0/s1. The number of rotatable bonds is 5. The maximum Gasteiger partial charge on any atom is 0.0194 e. The minimum atomic E-state index is 0.688. The van der Waals surface area contributed by atoms with Gasteiger partial charge in [0.25, 0.3) is 0 Å². The van der Waals surface area contributed by atoms with Gasteiger partial charge in [-0.05, 0) is 45.3 Å². The van der Waals surface area contributed by atoms with Gasteiger partial charge in [0.05, 0.1) is 0 Å². The molecule has 1 N–H and O–H groups in total. The molecule has 1 fully saturated rings. The summed E-state index contributed by atoms with van der Waals surface area (Å²) in [4.78, 5) is 2.62. The lowest BCUT2D eigenvalue weighted by atomic mass is 10.0. The molecule has 0 bridgehead atoms. The second kappa shape index (κ2) is 6.41.